The van der Waals surface area contributed by atoms with E-state index in [1.807, 2.05) is 6.92 Å². The molecule has 0 saturated carbocycles. The monoisotopic (exact) mass is 250 g/mol. The highest BCUT2D eigenvalue weighted by molar-refractivity contribution is 5.10. The van der Waals surface area contributed by atoms with Gasteiger partial charge in [0.15, 0.2) is 0 Å². The predicted octanol–water partition coefficient (Wildman–Crippen LogP) is 3.11. The van der Waals surface area contributed by atoms with E-state index >= 15 is 0 Å². The van der Waals surface area contributed by atoms with Gasteiger partial charge in [-0.3, -0.25) is 4.90 Å². The van der Waals surface area contributed by atoms with Crippen molar-refractivity contribution in [2.75, 3.05) is 19.6 Å². The van der Waals surface area contributed by atoms with Gasteiger partial charge in [-0.05, 0) is 38.8 Å². The molecule has 0 amide bonds. The topological polar surface area (TPSA) is 28.4 Å². The maximum absolute atomic E-state index is 5.77. The van der Waals surface area contributed by atoms with Gasteiger partial charge in [0, 0.05) is 25.2 Å². The molecule has 1 aromatic heterocycles. The number of hydrogen-bond donors (Lipinski definition) is 1. The zero-order valence-electron chi connectivity index (χ0n) is 12.1. The summed E-state index contributed by atoms with van der Waals surface area (Å²) in [5, 5.41) is 3.70. The fraction of sp³-hybridized carbons (Fsp3) is 0.733. The van der Waals surface area contributed by atoms with Crippen LogP contribution in [0.5, 0.6) is 0 Å². The van der Waals surface area contributed by atoms with Crippen LogP contribution < -0.4 is 5.32 Å². The molecule has 3 heteroatoms. The molecule has 1 unspecified atom stereocenters. The Balaban J connectivity index is 2.09. The van der Waals surface area contributed by atoms with Crippen molar-refractivity contribution in [3.8, 4) is 0 Å². The number of nitrogens with one attached hydrogen (secondary N) is 1. The normalized spacial score (nSPS) is 22.0. The molecule has 1 fully saturated rings. The summed E-state index contributed by atoms with van der Waals surface area (Å²) in [6, 6.07) is 4.54. The molecule has 2 heterocycles. The quantitative estimate of drug-likeness (QED) is 0.890. The van der Waals surface area contributed by atoms with E-state index in [-0.39, 0.29) is 5.54 Å². The van der Waals surface area contributed by atoms with E-state index < -0.39 is 0 Å². The van der Waals surface area contributed by atoms with Crippen LogP contribution in [-0.2, 0) is 0 Å². The fourth-order valence-electron chi connectivity index (χ4n) is 2.90. The Bertz CT molecular complexity index is 382. The van der Waals surface area contributed by atoms with Crippen molar-refractivity contribution in [1.29, 1.82) is 0 Å². The van der Waals surface area contributed by atoms with Crippen molar-refractivity contribution < 1.29 is 4.42 Å². The minimum Gasteiger partial charge on any atom is -0.465 e. The summed E-state index contributed by atoms with van der Waals surface area (Å²) in [7, 11) is 0. The molecule has 18 heavy (non-hydrogen) atoms. The Kier molecular flexibility index (Phi) is 4.13. The Labute approximate surface area is 111 Å². The van der Waals surface area contributed by atoms with Gasteiger partial charge >= 0.3 is 0 Å². The smallest absolute Gasteiger partial charge is 0.121 e. The molecule has 0 bridgehead atoms. The summed E-state index contributed by atoms with van der Waals surface area (Å²) < 4.78 is 5.77. The summed E-state index contributed by atoms with van der Waals surface area (Å²) in [5.41, 5.74) is 0.286. The van der Waals surface area contributed by atoms with Gasteiger partial charge in [-0.1, -0.05) is 13.8 Å². The average molecular weight is 250 g/mol. The van der Waals surface area contributed by atoms with E-state index in [1.165, 1.54) is 12.8 Å². The van der Waals surface area contributed by atoms with Crippen LogP contribution in [0, 0.1) is 6.92 Å². The molecule has 102 valence electrons. The first-order valence-electron chi connectivity index (χ1n) is 7.15. The van der Waals surface area contributed by atoms with Crippen LogP contribution in [0.3, 0.4) is 0 Å². The molecule has 0 spiro atoms. The highest BCUT2D eigenvalue weighted by Gasteiger charge is 2.34. The second-order valence-electron chi connectivity index (χ2n) is 5.51. The van der Waals surface area contributed by atoms with Crippen molar-refractivity contribution in [1.82, 2.24) is 10.2 Å². The van der Waals surface area contributed by atoms with Gasteiger partial charge in [-0.2, -0.15) is 0 Å². The second kappa shape index (κ2) is 5.45. The number of rotatable bonds is 4. The van der Waals surface area contributed by atoms with Gasteiger partial charge in [0.25, 0.3) is 0 Å². The molecule has 1 aliphatic rings. The largest absolute Gasteiger partial charge is 0.465 e. The van der Waals surface area contributed by atoms with Gasteiger partial charge in [0.2, 0.25) is 0 Å². The number of aryl methyl sites for hydroxylation is 1. The Morgan fingerprint density at radius 1 is 1.39 bits per heavy atom. The van der Waals surface area contributed by atoms with Crippen LogP contribution in [0.4, 0.5) is 0 Å². The highest BCUT2D eigenvalue weighted by atomic mass is 16.3. The molecular weight excluding hydrogens is 224 g/mol. The predicted molar refractivity (Wildman–Crippen MR) is 74.7 cm³/mol. The van der Waals surface area contributed by atoms with Crippen molar-refractivity contribution in [2.24, 2.45) is 0 Å². The SMILES string of the molecule is CCC1(CC)CN(C(C)c2ccc(C)o2)CCN1. The van der Waals surface area contributed by atoms with E-state index in [0.29, 0.717) is 6.04 Å². The summed E-state index contributed by atoms with van der Waals surface area (Å²) in [4.78, 5) is 2.54. The molecule has 0 aromatic carbocycles. The molecule has 3 nitrogen and oxygen atoms in total. The lowest BCUT2D eigenvalue weighted by atomic mass is 9.89. The van der Waals surface area contributed by atoms with E-state index in [9.17, 15) is 0 Å². The number of furan rings is 1. The lowest BCUT2D eigenvalue weighted by Gasteiger charge is -2.45. The molecule has 1 aliphatic heterocycles. The highest BCUT2D eigenvalue weighted by Crippen LogP contribution is 2.28. The second-order valence-corrected chi connectivity index (χ2v) is 5.51. The molecule has 1 aromatic rings. The van der Waals surface area contributed by atoms with Gasteiger partial charge in [-0.15, -0.1) is 0 Å². The van der Waals surface area contributed by atoms with Gasteiger partial charge in [0.05, 0.1) is 6.04 Å². The minimum atomic E-state index is 0.286. The van der Waals surface area contributed by atoms with Crippen molar-refractivity contribution in [3.63, 3.8) is 0 Å². The van der Waals surface area contributed by atoms with E-state index in [1.54, 1.807) is 0 Å². The number of hydrogen-bond acceptors (Lipinski definition) is 3. The molecule has 1 saturated heterocycles. The van der Waals surface area contributed by atoms with Crippen molar-refractivity contribution in [2.45, 2.75) is 52.1 Å². The van der Waals surface area contributed by atoms with Crippen LogP contribution in [0.25, 0.3) is 0 Å². The third kappa shape index (κ3) is 2.62. The standard InChI is InChI=1S/C15H26N2O/c1-5-15(6-2)11-17(10-9-16-15)13(4)14-8-7-12(3)18-14/h7-8,13,16H,5-6,9-11H2,1-4H3. The average Bonchev–Trinajstić information content (AvgIpc) is 2.84. The van der Waals surface area contributed by atoms with Crippen molar-refractivity contribution >= 4 is 0 Å². The van der Waals surface area contributed by atoms with Gasteiger partial charge < -0.3 is 9.73 Å². The Hall–Kier alpha value is -0.800. The summed E-state index contributed by atoms with van der Waals surface area (Å²) >= 11 is 0. The Morgan fingerprint density at radius 2 is 2.11 bits per heavy atom. The van der Waals surface area contributed by atoms with E-state index in [0.717, 1.165) is 31.2 Å². The first-order valence-corrected chi connectivity index (χ1v) is 7.15. The van der Waals surface area contributed by atoms with Crippen LogP contribution >= 0.6 is 0 Å². The summed E-state index contributed by atoms with van der Waals surface area (Å²) in [5.74, 6) is 2.10. The lowest BCUT2D eigenvalue weighted by molar-refractivity contribution is 0.0830. The van der Waals surface area contributed by atoms with Crippen LogP contribution in [0.2, 0.25) is 0 Å². The van der Waals surface area contributed by atoms with Crippen LogP contribution in [0.1, 0.15) is 51.2 Å². The van der Waals surface area contributed by atoms with Crippen LogP contribution in [0.15, 0.2) is 16.5 Å². The zero-order valence-corrected chi connectivity index (χ0v) is 12.1. The minimum absolute atomic E-state index is 0.286. The molecule has 1 N–H and O–H groups in total. The summed E-state index contributed by atoms with van der Waals surface area (Å²) in [6.07, 6.45) is 2.37. The fourth-order valence-corrected chi connectivity index (χ4v) is 2.90. The molecule has 0 radical (unpaired) electrons. The molecule has 2 rings (SSSR count). The first kappa shape index (κ1) is 13.6. The molecule has 0 aliphatic carbocycles. The number of piperazine rings is 1. The molecular formula is C15H26N2O. The van der Waals surface area contributed by atoms with Crippen molar-refractivity contribution in [3.05, 3.63) is 23.7 Å². The maximum atomic E-state index is 5.77. The maximum Gasteiger partial charge on any atom is 0.121 e. The van der Waals surface area contributed by atoms with E-state index in [4.69, 9.17) is 4.42 Å². The zero-order chi connectivity index (χ0) is 13.2. The molecule has 1 atom stereocenters. The first-order chi connectivity index (χ1) is 8.60. The summed E-state index contributed by atoms with van der Waals surface area (Å²) in [6.45, 7) is 12.1. The number of nitrogens with zero attached hydrogens (tertiary/aromatic N) is 1. The van der Waals surface area contributed by atoms with Crippen LogP contribution in [-0.4, -0.2) is 30.1 Å². The Morgan fingerprint density at radius 3 is 2.67 bits per heavy atom. The third-order valence-corrected chi connectivity index (χ3v) is 4.48. The van der Waals surface area contributed by atoms with E-state index in [2.05, 4.69) is 43.1 Å². The lowest BCUT2D eigenvalue weighted by Crippen LogP contribution is -2.60. The van der Waals surface area contributed by atoms with Gasteiger partial charge in [-0.25, -0.2) is 0 Å². The third-order valence-electron chi connectivity index (χ3n) is 4.48. The van der Waals surface area contributed by atoms with Gasteiger partial charge in [0.1, 0.15) is 11.5 Å².